The van der Waals surface area contributed by atoms with Crippen molar-refractivity contribution in [1.82, 2.24) is 20.1 Å². The highest BCUT2D eigenvalue weighted by Crippen LogP contribution is 2.25. The molecule has 1 aromatic carbocycles. The number of fused-ring (bicyclic) bond motifs is 1. The number of thiazole rings is 1. The SMILES string of the molecule is COc1ccc(-c2nc(CNC(=O)C(C)n3nc4c(cc3=O)CCC4)cs2)cc1. The van der Waals surface area contributed by atoms with Gasteiger partial charge in [0, 0.05) is 17.0 Å². The molecule has 7 nitrogen and oxygen atoms in total. The number of methoxy groups -OCH3 is 1. The van der Waals surface area contributed by atoms with Gasteiger partial charge in [0.25, 0.3) is 5.56 Å². The summed E-state index contributed by atoms with van der Waals surface area (Å²) >= 11 is 1.52. The van der Waals surface area contributed by atoms with E-state index in [9.17, 15) is 9.59 Å². The van der Waals surface area contributed by atoms with Crippen molar-refractivity contribution in [1.29, 1.82) is 0 Å². The molecule has 0 saturated carbocycles. The van der Waals surface area contributed by atoms with Crippen LogP contribution in [-0.4, -0.2) is 27.8 Å². The first kappa shape index (κ1) is 19.3. The summed E-state index contributed by atoms with van der Waals surface area (Å²) in [4.78, 5) is 29.5. The van der Waals surface area contributed by atoms with Crippen LogP contribution in [-0.2, 0) is 24.2 Å². The van der Waals surface area contributed by atoms with Crippen LogP contribution in [0.2, 0.25) is 0 Å². The van der Waals surface area contributed by atoms with E-state index in [2.05, 4.69) is 15.4 Å². The lowest BCUT2D eigenvalue weighted by Gasteiger charge is -2.14. The van der Waals surface area contributed by atoms with Gasteiger partial charge < -0.3 is 10.1 Å². The fraction of sp³-hybridized carbons (Fsp3) is 0.333. The van der Waals surface area contributed by atoms with Crippen molar-refractivity contribution in [3.8, 4) is 16.3 Å². The summed E-state index contributed by atoms with van der Waals surface area (Å²) in [6.07, 6.45) is 2.75. The minimum Gasteiger partial charge on any atom is -0.497 e. The zero-order valence-corrected chi connectivity index (χ0v) is 17.2. The van der Waals surface area contributed by atoms with E-state index in [0.717, 1.165) is 52.5 Å². The zero-order valence-electron chi connectivity index (χ0n) is 16.3. The molecular formula is C21H22N4O3S. The van der Waals surface area contributed by atoms with Gasteiger partial charge in [0.1, 0.15) is 16.8 Å². The Morgan fingerprint density at radius 3 is 2.86 bits per heavy atom. The molecule has 8 heteroatoms. The summed E-state index contributed by atoms with van der Waals surface area (Å²) in [7, 11) is 1.63. The van der Waals surface area contributed by atoms with Crippen molar-refractivity contribution < 1.29 is 9.53 Å². The van der Waals surface area contributed by atoms with Gasteiger partial charge in [-0.15, -0.1) is 11.3 Å². The van der Waals surface area contributed by atoms with Crippen LogP contribution in [0.1, 0.15) is 36.3 Å². The van der Waals surface area contributed by atoms with Crippen molar-refractivity contribution in [2.75, 3.05) is 7.11 Å². The van der Waals surface area contributed by atoms with Crippen molar-refractivity contribution in [3.05, 3.63) is 63.0 Å². The van der Waals surface area contributed by atoms with Crippen molar-refractivity contribution >= 4 is 17.2 Å². The second-order valence-corrected chi connectivity index (χ2v) is 7.88. The van der Waals surface area contributed by atoms with E-state index < -0.39 is 6.04 Å². The van der Waals surface area contributed by atoms with Crippen molar-refractivity contribution in [2.45, 2.75) is 38.8 Å². The summed E-state index contributed by atoms with van der Waals surface area (Å²) in [6, 6.07) is 8.62. The average molecular weight is 410 g/mol. The molecule has 0 bridgehead atoms. The van der Waals surface area contributed by atoms with Crippen molar-refractivity contribution in [2.24, 2.45) is 0 Å². The van der Waals surface area contributed by atoms with E-state index >= 15 is 0 Å². The van der Waals surface area contributed by atoms with Gasteiger partial charge in [-0.3, -0.25) is 9.59 Å². The van der Waals surface area contributed by atoms with Crippen LogP contribution >= 0.6 is 11.3 Å². The molecule has 1 aliphatic rings. The molecule has 2 aromatic heterocycles. The lowest BCUT2D eigenvalue weighted by atomic mass is 10.2. The maximum atomic E-state index is 12.6. The molecule has 0 fully saturated rings. The third kappa shape index (κ3) is 4.07. The van der Waals surface area contributed by atoms with Crippen LogP contribution < -0.4 is 15.6 Å². The number of hydrogen-bond acceptors (Lipinski definition) is 6. The summed E-state index contributed by atoms with van der Waals surface area (Å²) in [5.74, 6) is 0.540. The predicted molar refractivity (Wildman–Crippen MR) is 111 cm³/mol. The molecule has 0 aliphatic heterocycles. The van der Waals surface area contributed by atoms with E-state index in [1.54, 1.807) is 20.1 Å². The molecule has 1 N–H and O–H groups in total. The highest BCUT2D eigenvalue weighted by atomic mass is 32.1. The Labute approximate surface area is 172 Å². The van der Waals surface area contributed by atoms with Crippen molar-refractivity contribution in [3.63, 3.8) is 0 Å². The van der Waals surface area contributed by atoms with Crippen LogP contribution in [0.25, 0.3) is 10.6 Å². The number of benzene rings is 1. The highest BCUT2D eigenvalue weighted by Gasteiger charge is 2.21. The number of amides is 1. The minimum absolute atomic E-state index is 0.233. The second-order valence-electron chi connectivity index (χ2n) is 7.02. The quantitative estimate of drug-likeness (QED) is 0.675. The molecule has 150 valence electrons. The lowest BCUT2D eigenvalue weighted by molar-refractivity contribution is -0.124. The third-order valence-electron chi connectivity index (χ3n) is 5.06. The number of carbonyl (C=O) groups excluding carboxylic acids is 1. The summed E-state index contributed by atoms with van der Waals surface area (Å²) in [5.41, 5.74) is 3.47. The molecule has 4 rings (SSSR count). The third-order valence-corrected chi connectivity index (χ3v) is 6.00. The zero-order chi connectivity index (χ0) is 20.4. The van der Waals surface area contributed by atoms with Gasteiger partial charge in [0.2, 0.25) is 5.91 Å². The van der Waals surface area contributed by atoms with Gasteiger partial charge in [-0.05, 0) is 56.0 Å². The topological polar surface area (TPSA) is 86.1 Å². The van der Waals surface area contributed by atoms with Crippen LogP contribution in [0.5, 0.6) is 5.75 Å². The maximum absolute atomic E-state index is 12.6. The fourth-order valence-corrected chi connectivity index (χ4v) is 4.21. The second kappa shape index (κ2) is 8.16. The maximum Gasteiger partial charge on any atom is 0.267 e. The van der Waals surface area contributed by atoms with E-state index in [1.165, 1.54) is 16.0 Å². The van der Waals surface area contributed by atoms with Gasteiger partial charge in [-0.25, -0.2) is 9.67 Å². The number of carbonyl (C=O) groups is 1. The minimum atomic E-state index is -0.673. The van der Waals surface area contributed by atoms with Gasteiger partial charge in [0.15, 0.2) is 0 Å². The Morgan fingerprint density at radius 2 is 2.10 bits per heavy atom. The lowest BCUT2D eigenvalue weighted by Crippen LogP contribution is -2.37. The number of rotatable bonds is 6. The molecule has 1 aliphatic carbocycles. The molecule has 0 spiro atoms. The van der Waals surface area contributed by atoms with Crippen LogP contribution in [0, 0.1) is 0 Å². The molecule has 1 atom stereocenters. The molecular weight excluding hydrogens is 388 g/mol. The molecule has 0 radical (unpaired) electrons. The van der Waals surface area contributed by atoms with Gasteiger partial charge in [-0.2, -0.15) is 5.10 Å². The van der Waals surface area contributed by atoms with E-state index in [-0.39, 0.29) is 11.5 Å². The first-order chi connectivity index (χ1) is 14.0. The van der Waals surface area contributed by atoms with Gasteiger partial charge >= 0.3 is 0 Å². The van der Waals surface area contributed by atoms with Gasteiger partial charge in [0.05, 0.1) is 25.0 Å². The molecule has 1 unspecified atom stereocenters. The average Bonchev–Trinajstić information content (AvgIpc) is 3.40. The molecule has 0 saturated heterocycles. The molecule has 3 aromatic rings. The number of hydrogen-bond donors (Lipinski definition) is 1. The summed E-state index contributed by atoms with van der Waals surface area (Å²) in [5, 5.41) is 10.1. The molecule has 1 amide bonds. The molecule has 2 heterocycles. The largest absolute Gasteiger partial charge is 0.497 e. The number of aromatic nitrogens is 3. The fourth-order valence-electron chi connectivity index (χ4n) is 3.38. The monoisotopic (exact) mass is 410 g/mol. The Balaban J connectivity index is 1.41. The van der Waals surface area contributed by atoms with Crippen LogP contribution in [0.4, 0.5) is 0 Å². The standard InChI is InChI=1S/C21H22N4O3S/c1-13(25-19(26)10-15-4-3-5-18(15)24-25)20(27)22-11-16-12-29-21(23-16)14-6-8-17(28-2)9-7-14/h6-10,12-13H,3-5,11H2,1-2H3,(H,22,27). The Bertz CT molecular complexity index is 1090. The first-order valence-electron chi connectivity index (χ1n) is 9.53. The number of nitrogens with one attached hydrogen (secondary N) is 1. The number of ether oxygens (including phenoxy) is 1. The number of aryl methyl sites for hydroxylation is 2. The number of nitrogens with zero attached hydrogens (tertiary/aromatic N) is 3. The van der Waals surface area contributed by atoms with E-state index in [0.29, 0.717) is 6.54 Å². The van der Waals surface area contributed by atoms with E-state index in [4.69, 9.17) is 4.74 Å². The molecule has 29 heavy (non-hydrogen) atoms. The summed E-state index contributed by atoms with van der Waals surface area (Å²) in [6.45, 7) is 1.99. The smallest absolute Gasteiger partial charge is 0.267 e. The highest BCUT2D eigenvalue weighted by molar-refractivity contribution is 7.13. The predicted octanol–water partition coefficient (Wildman–Crippen LogP) is 2.74. The van der Waals surface area contributed by atoms with E-state index in [1.807, 2.05) is 29.6 Å². The summed E-state index contributed by atoms with van der Waals surface area (Å²) < 4.78 is 6.45. The Kier molecular flexibility index (Phi) is 5.44. The first-order valence-corrected chi connectivity index (χ1v) is 10.4. The van der Waals surface area contributed by atoms with Crippen LogP contribution in [0.3, 0.4) is 0 Å². The van der Waals surface area contributed by atoms with Crippen LogP contribution in [0.15, 0.2) is 40.5 Å². The Morgan fingerprint density at radius 1 is 1.31 bits per heavy atom. The van der Waals surface area contributed by atoms with Gasteiger partial charge in [-0.1, -0.05) is 0 Å². The Hall–Kier alpha value is -3.00. The normalized spacial score (nSPS) is 13.7.